The van der Waals surface area contributed by atoms with E-state index in [0.717, 1.165) is 5.56 Å². The molecule has 0 fully saturated rings. The average Bonchev–Trinajstić information content (AvgIpc) is 2.29. The molecule has 2 rings (SSSR count). The largest absolute Gasteiger partial charge is 0.401 e. The highest BCUT2D eigenvalue weighted by Gasteiger charge is 2.35. The molecule has 1 aliphatic rings. The van der Waals surface area contributed by atoms with Crippen LogP contribution in [0.25, 0.3) is 5.57 Å². The Morgan fingerprint density at radius 1 is 1.00 bits per heavy atom. The zero-order valence-corrected chi connectivity index (χ0v) is 10.0. The summed E-state index contributed by atoms with van der Waals surface area (Å²) in [5.41, 5.74) is 13.7. The summed E-state index contributed by atoms with van der Waals surface area (Å²) in [5, 5.41) is 0. The molecular formula is C14H16N2O. The lowest BCUT2D eigenvalue weighted by atomic mass is 9.76. The van der Waals surface area contributed by atoms with Gasteiger partial charge < -0.3 is 11.5 Å². The maximum absolute atomic E-state index is 12.3. The lowest BCUT2D eigenvalue weighted by Gasteiger charge is -2.28. The fourth-order valence-corrected chi connectivity index (χ4v) is 1.81. The molecule has 0 heterocycles. The topological polar surface area (TPSA) is 69.1 Å². The van der Waals surface area contributed by atoms with Crippen LogP contribution < -0.4 is 11.5 Å². The van der Waals surface area contributed by atoms with E-state index in [1.165, 1.54) is 0 Å². The molecule has 0 radical (unpaired) electrons. The maximum atomic E-state index is 12.3. The average molecular weight is 228 g/mol. The van der Waals surface area contributed by atoms with Crippen molar-refractivity contribution in [3.63, 3.8) is 0 Å². The molecule has 1 aromatic carbocycles. The number of rotatable bonds is 1. The lowest BCUT2D eigenvalue weighted by molar-refractivity contribution is -0.119. The van der Waals surface area contributed by atoms with Crippen molar-refractivity contribution in [3.8, 4) is 0 Å². The van der Waals surface area contributed by atoms with Crippen molar-refractivity contribution in [1.82, 2.24) is 0 Å². The first-order chi connectivity index (χ1) is 7.93. The van der Waals surface area contributed by atoms with E-state index in [2.05, 4.69) is 0 Å². The van der Waals surface area contributed by atoms with Crippen molar-refractivity contribution in [2.75, 3.05) is 5.73 Å². The first-order valence-electron chi connectivity index (χ1n) is 5.51. The fraction of sp³-hybridized carbons (Fsp3) is 0.214. The Morgan fingerprint density at radius 2 is 1.59 bits per heavy atom. The quantitative estimate of drug-likeness (QED) is 0.723. The number of anilines is 1. The molecule has 0 amide bonds. The molecule has 3 heteroatoms. The number of nitrogen functional groups attached to an aromatic ring is 1. The van der Waals surface area contributed by atoms with Gasteiger partial charge in [0.15, 0.2) is 5.78 Å². The number of Topliss-reactive ketones (excluding diaryl/α,β-unsaturated/α-hetero) is 1. The summed E-state index contributed by atoms with van der Waals surface area (Å²) in [7, 11) is 0. The number of nitrogens with two attached hydrogens (primary N) is 2. The molecule has 0 saturated heterocycles. The van der Waals surface area contributed by atoms with Gasteiger partial charge in [0.05, 0.1) is 5.41 Å². The molecule has 17 heavy (non-hydrogen) atoms. The van der Waals surface area contributed by atoms with Crippen LogP contribution in [0.15, 0.2) is 42.1 Å². The molecular weight excluding hydrogens is 212 g/mol. The molecule has 0 aromatic heterocycles. The summed E-state index contributed by atoms with van der Waals surface area (Å²) in [6, 6.07) is 7.28. The SMILES string of the molecule is CC1(C)C(=O)C(c2ccc(N)cc2)=CC=C1N. The first-order valence-corrected chi connectivity index (χ1v) is 5.51. The van der Waals surface area contributed by atoms with Crippen molar-refractivity contribution in [3.05, 3.63) is 47.7 Å². The summed E-state index contributed by atoms with van der Waals surface area (Å²) < 4.78 is 0. The molecule has 0 unspecified atom stereocenters. The van der Waals surface area contributed by atoms with Gasteiger partial charge in [-0.1, -0.05) is 12.1 Å². The number of allylic oxidation sites excluding steroid dienone is 4. The van der Waals surface area contributed by atoms with E-state index < -0.39 is 5.41 Å². The van der Waals surface area contributed by atoms with E-state index in [9.17, 15) is 4.79 Å². The molecule has 0 atom stereocenters. The standard InChI is InChI=1S/C14H16N2O/c1-14(2)12(16)8-7-11(13(14)17)9-3-5-10(15)6-4-9/h3-8H,15-16H2,1-2H3. The van der Waals surface area contributed by atoms with Crippen LogP contribution in [0.3, 0.4) is 0 Å². The minimum absolute atomic E-state index is 0.0438. The van der Waals surface area contributed by atoms with E-state index in [1.54, 1.807) is 24.3 Å². The van der Waals surface area contributed by atoms with E-state index in [4.69, 9.17) is 11.5 Å². The Morgan fingerprint density at radius 3 is 2.18 bits per heavy atom. The number of carbonyl (C=O) groups is 1. The molecule has 88 valence electrons. The second kappa shape index (κ2) is 3.77. The van der Waals surface area contributed by atoms with E-state index in [1.807, 2.05) is 26.0 Å². The molecule has 0 saturated carbocycles. The summed E-state index contributed by atoms with van der Waals surface area (Å²) >= 11 is 0. The Labute approximate surface area is 101 Å². The van der Waals surface area contributed by atoms with Gasteiger partial charge in [-0.15, -0.1) is 0 Å². The van der Waals surface area contributed by atoms with Crippen LogP contribution in [0, 0.1) is 5.41 Å². The van der Waals surface area contributed by atoms with Crippen LogP contribution in [-0.2, 0) is 4.79 Å². The van der Waals surface area contributed by atoms with Crippen molar-refractivity contribution in [2.45, 2.75) is 13.8 Å². The smallest absolute Gasteiger partial charge is 0.174 e. The highest BCUT2D eigenvalue weighted by atomic mass is 16.1. The van der Waals surface area contributed by atoms with Crippen molar-refractivity contribution in [1.29, 1.82) is 0 Å². The predicted molar refractivity (Wildman–Crippen MR) is 69.9 cm³/mol. The minimum Gasteiger partial charge on any atom is -0.401 e. The van der Waals surface area contributed by atoms with Gasteiger partial charge in [0.1, 0.15) is 0 Å². The maximum Gasteiger partial charge on any atom is 0.174 e. The highest BCUT2D eigenvalue weighted by Crippen LogP contribution is 2.35. The molecule has 0 bridgehead atoms. The third kappa shape index (κ3) is 1.84. The molecule has 1 aliphatic carbocycles. The summed E-state index contributed by atoms with van der Waals surface area (Å²) in [6.45, 7) is 3.68. The van der Waals surface area contributed by atoms with Crippen molar-refractivity contribution < 1.29 is 4.79 Å². The molecule has 0 spiro atoms. The second-order valence-electron chi connectivity index (χ2n) is 4.78. The zero-order valence-electron chi connectivity index (χ0n) is 10.0. The number of ketones is 1. The summed E-state index contributed by atoms with van der Waals surface area (Å²) in [6.07, 6.45) is 3.57. The van der Waals surface area contributed by atoms with Crippen LogP contribution in [0.5, 0.6) is 0 Å². The van der Waals surface area contributed by atoms with Gasteiger partial charge in [-0.3, -0.25) is 4.79 Å². The van der Waals surface area contributed by atoms with Gasteiger partial charge in [0.2, 0.25) is 0 Å². The summed E-state index contributed by atoms with van der Waals surface area (Å²) in [4.78, 5) is 12.3. The van der Waals surface area contributed by atoms with Crippen LogP contribution in [0.1, 0.15) is 19.4 Å². The normalized spacial score (nSPS) is 18.6. The monoisotopic (exact) mass is 228 g/mol. The van der Waals surface area contributed by atoms with Gasteiger partial charge in [0.25, 0.3) is 0 Å². The van der Waals surface area contributed by atoms with E-state index >= 15 is 0 Å². The molecule has 4 N–H and O–H groups in total. The Hall–Kier alpha value is -2.03. The molecule has 3 nitrogen and oxygen atoms in total. The summed E-state index contributed by atoms with van der Waals surface area (Å²) in [5.74, 6) is 0.0438. The number of benzene rings is 1. The van der Waals surface area contributed by atoms with Gasteiger partial charge in [0, 0.05) is 17.0 Å². The van der Waals surface area contributed by atoms with Crippen molar-refractivity contribution >= 4 is 17.0 Å². The zero-order chi connectivity index (χ0) is 12.6. The first kappa shape index (κ1) is 11.5. The van der Waals surface area contributed by atoms with Gasteiger partial charge in [-0.05, 0) is 43.7 Å². The fourth-order valence-electron chi connectivity index (χ4n) is 1.81. The Kier molecular flexibility index (Phi) is 2.54. The Bertz CT molecular complexity index is 522. The second-order valence-corrected chi connectivity index (χ2v) is 4.78. The van der Waals surface area contributed by atoms with E-state index in [-0.39, 0.29) is 5.78 Å². The third-order valence-electron chi connectivity index (χ3n) is 3.19. The molecule has 1 aromatic rings. The van der Waals surface area contributed by atoms with Gasteiger partial charge in [-0.25, -0.2) is 0 Å². The highest BCUT2D eigenvalue weighted by molar-refractivity contribution is 6.25. The van der Waals surface area contributed by atoms with Crippen LogP contribution in [0.2, 0.25) is 0 Å². The third-order valence-corrected chi connectivity index (χ3v) is 3.19. The van der Waals surface area contributed by atoms with Gasteiger partial charge >= 0.3 is 0 Å². The van der Waals surface area contributed by atoms with Crippen LogP contribution in [0.4, 0.5) is 5.69 Å². The number of carbonyl (C=O) groups excluding carboxylic acids is 1. The van der Waals surface area contributed by atoms with Crippen molar-refractivity contribution in [2.24, 2.45) is 11.1 Å². The minimum atomic E-state index is -0.633. The lowest BCUT2D eigenvalue weighted by Crippen LogP contribution is -2.33. The van der Waals surface area contributed by atoms with Gasteiger partial charge in [-0.2, -0.15) is 0 Å². The molecule has 0 aliphatic heterocycles. The van der Waals surface area contributed by atoms with E-state index in [0.29, 0.717) is 17.0 Å². The number of hydrogen-bond donors (Lipinski definition) is 2. The van der Waals surface area contributed by atoms with Crippen LogP contribution in [-0.4, -0.2) is 5.78 Å². The van der Waals surface area contributed by atoms with Crippen LogP contribution >= 0.6 is 0 Å². The number of hydrogen-bond acceptors (Lipinski definition) is 3. The predicted octanol–water partition coefficient (Wildman–Crippen LogP) is 2.10. The Balaban J connectivity index is 2.47.